The van der Waals surface area contributed by atoms with Gasteiger partial charge in [-0.05, 0) is 42.3 Å². The van der Waals surface area contributed by atoms with Crippen molar-refractivity contribution in [3.63, 3.8) is 0 Å². The van der Waals surface area contributed by atoms with Crippen LogP contribution in [0.25, 0.3) is 0 Å². The molecule has 0 saturated carbocycles. The summed E-state index contributed by atoms with van der Waals surface area (Å²) in [5.41, 5.74) is 2.36. The zero-order valence-corrected chi connectivity index (χ0v) is 11.2. The summed E-state index contributed by atoms with van der Waals surface area (Å²) in [5, 5.41) is 11.6. The minimum atomic E-state index is -0.221. The van der Waals surface area contributed by atoms with Crippen LogP contribution in [-0.2, 0) is 6.54 Å². The number of aryl methyl sites for hydroxylation is 1. The Morgan fingerprint density at radius 3 is 2.85 bits per heavy atom. The Kier molecular flexibility index (Phi) is 4.56. The first-order valence-electron chi connectivity index (χ1n) is 6.28. The van der Waals surface area contributed by atoms with E-state index < -0.39 is 0 Å². The average Bonchev–Trinajstić information content (AvgIpc) is 2.47. The topological polar surface area (TPSA) is 45.0 Å². The quantitative estimate of drug-likeness (QED) is 0.902. The Bertz CT molecular complexity index is 635. The van der Waals surface area contributed by atoms with Gasteiger partial charge in [0.1, 0.15) is 17.6 Å². The predicted octanol–water partition coefficient (Wildman–Crippen LogP) is 3.65. The molecule has 0 fully saturated rings. The molecule has 0 unspecified atom stereocenters. The van der Waals surface area contributed by atoms with Crippen molar-refractivity contribution in [2.24, 2.45) is 0 Å². The third kappa shape index (κ3) is 3.72. The number of hydrogen-bond acceptors (Lipinski definition) is 3. The second-order valence-corrected chi connectivity index (χ2v) is 4.41. The van der Waals surface area contributed by atoms with Crippen LogP contribution in [0.1, 0.15) is 11.1 Å². The van der Waals surface area contributed by atoms with Crippen LogP contribution in [0.15, 0.2) is 42.5 Å². The lowest BCUT2D eigenvalue weighted by atomic mass is 10.2. The molecule has 3 nitrogen and oxygen atoms in total. The highest BCUT2D eigenvalue weighted by atomic mass is 19.1. The van der Waals surface area contributed by atoms with E-state index in [1.807, 2.05) is 30.3 Å². The van der Waals surface area contributed by atoms with Gasteiger partial charge in [-0.15, -0.1) is 0 Å². The molecule has 2 aromatic carbocycles. The van der Waals surface area contributed by atoms with Gasteiger partial charge in [0.25, 0.3) is 0 Å². The Morgan fingerprint density at radius 2 is 2.10 bits per heavy atom. The van der Waals surface area contributed by atoms with Crippen LogP contribution in [0.5, 0.6) is 5.75 Å². The van der Waals surface area contributed by atoms with Gasteiger partial charge in [0.05, 0.1) is 0 Å². The first-order valence-corrected chi connectivity index (χ1v) is 6.28. The Balaban J connectivity index is 1.99. The van der Waals surface area contributed by atoms with E-state index in [-0.39, 0.29) is 12.4 Å². The summed E-state index contributed by atoms with van der Waals surface area (Å²) in [6.45, 7) is 2.32. The van der Waals surface area contributed by atoms with Crippen molar-refractivity contribution in [2.75, 3.05) is 11.9 Å². The van der Waals surface area contributed by atoms with Crippen LogP contribution >= 0.6 is 0 Å². The molecule has 0 spiro atoms. The first kappa shape index (κ1) is 13.9. The smallest absolute Gasteiger partial charge is 0.174 e. The van der Waals surface area contributed by atoms with Gasteiger partial charge in [0.2, 0.25) is 0 Å². The Hall–Kier alpha value is -2.54. The summed E-state index contributed by atoms with van der Waals surface area (Å²) in [7, 11) is 0. The van der Waals surface area contributed by atoms with Gasteiger partial charge in [-0.2, -0.15) is 5.26 Å². The second-order valence-electron chi connectivity index (χ2n) is 4.41. The maximum absolute atomic E-state index is 13.4. The number of ether oxygens (including phenoxy) is 1. The SMILES string of the molecule is Cc1ccc(NCc2cccc(OCC#N)c2)cc1F. The highest BCUT2D eigenvalue weighted by Gasteiger charge is 2.00. The number of anilines is 1. The van der Waals surface area contributed by atoms with Crippen molar-refractivity contribution in [1.29, 1.82) is 5.26 Å². The van der Waals surface area contributed by atoms with Crippen LogP contribution < -0.4 is 10.1 Å². The van der Waals surface area contributed by atoms with E-state index in [9.17, 15) is 4.39 Å². The van der Waals surface area contributed by atoms with Crippen LogP contribution in [0.3, 0.4) is 0 Å². The minimum absolute atomic E-state index is 0.0278. The standard InChI is InChI=1S/C16H15FN2O/c1-12-5-6-14(10-16(12)17)19-11-13-3-2-4-15(9-13)20-8-7-18/h2-6,9-10,19H,8,11H2,1H3. The van der Waals surface area contributed by atoms with E-state index in [0.29, 0.717) is 17.9 Å². The minimum Gasteiger partial charge on any atom is -0.479 e. The third-order valence-electron chi connectivity index (χ3n) is 2.87. The highest BCUT2D eigenvalue weighted by molar-refractivity contribution is 5.46. The summed E-state index contributed by atoms with van der Waals surface area (Å²) in [6.07, 6.45) is 0. The van der Waals surface area contributed by atoms with Gasteiger partial charge < -0.3 is 10.1 Å². The molecular formula is C16H15FN2O. The van der Waals surface area contributed by atoms with Crippen LogP contribution in [-0.4, -0.2) is 6.61 Å². The molecule has 0 bridgehead atoms. The molecule has 0 aliphatic carbocycles. The molecule has 0 heterocycles. The first-order chi connectivity index (χ1) is 9.69. The normalized spacial score (nSPS) is 9.85. The molecule has 2 aromatic rings. The van der Waals surface area contributed by atoms with Crippen LogP contribution in [0.4, 0.5) is 10.1 Å². The fraction of sp³-hybridized carbons (Fsp3) is 0.188. The average molecular weight is 270 g/mol. The number of rotatable bonds is 5. The molecule has 0 aromatic heterocycles. The zero-order valence-electron chi connectivity index (χ0n) is 11.2. The molecule has 102 valence electrons. The van der Waals surface area contributed by atoms with E-state index in [0.717, 1.165) is 11.3 Å². The molecule has 4 heteroatoms. The molecule has 0 atom stereocenters. The lowest BCUT2D eigenvalue weighted by molar-refractivity contribution is 0.368. The summed E-state index contributed by atoms with van der Waals surface area (Å²) in [5.74, 6) is 0.432. The summed E-state index contributed by atoms with van der Waals surface area (Å²) >= 11 is 0. The number of benzene rings is 2. The largest absolute Gasteiger partial charge is 0.479 e. The zero-order chi connectivity index (χ0) is 14.4. The summed E-state index contributed by atoms with van der Waals surface area (Å²) in [4.78, 5) is 0. The summed E-state index contributed by atoms with van der Waals surface area (Å²) in [6, 6.07) is 14.4. The van der Waals surface area contributed by atoms with Crippen molar-refractivity contribution >= 4 is 5.69 Å². The van der Waals surface area contributed by atoms with E-state index >= 15 is 0 Å². The number of hydrogen-bond donors (Lipinski definition) is 1. The Labute approximate surface area is 117 Å². The van der Waals surface area contributed by atoms with Crippen molar-refractivity contribution < 1.29 is 9.13 Å². The van der Waals surface area contributed by atoms with Crippen molar-refractivity contribution in [2.45, 2.75) is 13.5 Å². The second kappa shape index (κ2) is 6.58. The maximum Gasteiger partial charge on any atom is 0.174 e. The maximum atomic E-state index is 13.4. The van der Waals surface area contributed by atoms with Gasteiger partial charge in [0.15, 0.2) is 6.61 Å². The lowest BCUT2D eigenvalue weighted by Gasteiger charge is -2.09. The van der Waals surface area contributed by atoms with E-state index in [1.165, 1.54) is 6.07 Å². The Morgan fingerprint density at radius 1 is 1.25 bits per heavy atom. The van der Waals surface area contributed by atoms with Crippen molar-refractivity contribution in [1.82, 2.24) is 0 Å². The molecule has 0 amide bonds. The van der Waals surface area contributed by atoms with Gasteiger partial charge in [-0.3, -0.25) is 0 Å². The monoisotopic (exact) mass is 270 g/mol. The fourth-order valence-electron chi connectivity index (χ4n) is 1.77. The van der Waals surface area contributed by atoms with Crippen molar-refractivity contribution in [3.05, 3.63) is 59.4 Å². The van der Waals surface area contributed by atoms with E-state index in [1.54, 1.807) is 19.1 Å². The molecule has 0 radical (unpaired) electrons. The molecule has 1 N–H and O–H groups in total. The number of nitrogens with zero attached hydrogens (tertiary/aromatic N) is 1. The fourth-order valence-corrected chi connectivity index (χ4v) is 1.77. The number of nitriles is 1. The molecule has 0 aliphatic heterocycles. The van der Waals surface area contributed by atoms with E-state index in [4.69, 9.17) is 10.00 Å². The van der Waals surface area contributed by atoms with Gasteiger partial charge in [-0.1, -0.05) is 18.2 Å². The predicted molar refractivity (Wildman–Crippen MR) is 76.0 cm³/mol. The van der Waals surface area contributed by atoms with Gasteiger partial charge in [-0.25, -0.2) is 4.39 Å². The van der Waals surface area contributed by atoms with Gasteiger partial charge in [0, 0.05) is 12.2 Å². The molecule has 0 aliphatic rings. The van der Waals surface area contributed by atoms with E-state index in [2.05, 4.69) is 5.32 Å². The molecule has 2 rings (SSSR count). The summed E-state index contributed by atoms with van der Waals surface area (Å²) < 4.78 is 18.7. The lowest BCUT2D eigenvalue weighted by Crippen LogP contribution is -2.01. The molecular weight excluding hydrogens is 255 g/mol. The molecule has 0 saturated heterocycles. The van der Waals surface area contributed by atoms with Crippen LogP contribution in [0, 0.1) is 24.1 Å². The van der Waals surface area contributed by atoms with Crippen molar-refractivity contribution in [3.8, 4) is 11.8 Å². The highest BCUT2D eigenvalue weighted by Crippen LogP contribution is 2.17. The molecule has 20 heavy (non-hydrogen) atoms. The van der Waals surface area contributed by atoms with Gasteiger partial charge >= 0.3 is 0 Å². The number of halogens is 1. The third-order valence-corrected chi connectivity index (χ3v) is 2.87. The van der Waals surface area contributed by atoms with Crippen LogP contribution in [0.2, 0.25) is 0 Å². The number of nitrogens with one attached hydrogen (secondary N) is 1.